The zero-order chi connectivity index (χ0) is 14.5. The van der Waals surface area contributed by atoms with E-state index in [0.29, 0.717) is 29.7 Å². The highest BCUT2D eigenvalue weighted by Gasteiger charge is 2.23. The summed E-state index contributed by atoms with van der Waals surface area (Å²) in [6.07, 6.45) is 4.26. The van der Waals surface area contributed by atoms with Gasteiger partial charge in [-0.3, -0.25) is 4.79 Å². The van der Waals surface area contributed by atoms with Gasteiger partial charge >= 0.3 is 0 Å². The molecule has 1 aliphatic heterocycles. The van der Waals surface area contributed by atoms with Crippen molar-refractivity contribution in [1.29, 1.82) is 0 Å². The molecule has 2 atom stereocenters. The fourth-order valence-corrected chi connectivity index (χ4v) is 3.13. The number of hydrogen-bond acceptors (Lipinski definition) is 2. The Kier molecular flexibility index (Phi) is 6.31. The number of nitrogens with one attached hydrogen (secondary N) is 1. The lowest BCUT2D eigenvalue weighted by molar-refractivity contribution is -0.132. The van der Waals surface area contributed by atoms with Gasteiger partial charge in [0.05, 0.1) is 0 Å². The maximum Gasteiger partial charge on any atom is 0.222 e. The summed E-state index contributed by atoms with van der Waals surface area (Å²) in [5, 5.41) is 3.47. The van der Waals surface area contributed by atoms with Gasteiger partial charge in [-0.2, -0.15) is 0 Å². The van der Waals surface area contributed by atoms with Crippen LogP contribution in [0.3, 0.4) is 0 Å². The highest BCUT2D eigenvalue weighted by atomic mass is 16.2. The average molecular weight is 268 g/mol. The third-order valence-corrected chi connectivity index (χ3v) is 3.82. The fraction of sp³-hybridized carbons (Fsp3) is 0.938. The third kappa shape index (κ3) is 6.42. The molecule has 3 heteroatoms. The summed E-state index contributed by atoms with van der Waals surface area (Å²) in [6.45, 7) is 13.8. The second-order valence-electron chi connectivity index (χ2n) is 7.30. The summed E-state index contributed by atoms with van der Waals surface area (Å²) in [5.74, 6) is 0.797. The van der Waals surface area contributed by atoms with Gasteiger partial charge in [0.1, 0.15) is 0 Å². The van der Waals surface area contributed by atoms with Crippen molar-refractivity contribution < 1.29 is 4.79 Å². The zero-order valence-corrected chi connectivity index (χ0v) is 13.5. The Morgan fingerprint density at radius 2 is 2.11 bits per heavy atom. The van der Waals surface area contributed by atoms with Crippen LogP contribution in [-0.4, -0.2) is 36.5 Å². The van der Waals surface area contributed by atoms with E-state index in [2.05, 4.69) is 39.9 Å². The second-order valence-corrected chi connectivity index (χ2v) is 7.30. The van der Waals surface area contributed by atoms with Crippen molar-refractivity contribution in [2.75, 3.05) is 19.6 Å². The van der Waals surface area contributed by atoms with Gasteiger partial charge < -0.3 is 10.2 Å². The minimum absolute atomic E-state index is 0.309. The molecular formula is C16H32N2O. The minimum Gasteiger partial charge on any atom is -0.341 e. The molecule has 0 bridgehead atoms. The van der Waals surface area contributed by atoms with Gasteiger partial charge in [-0.15, -0.1) is 0 Å². The maximum absolute atomic E-state index is 12.4. The van der Waals surface area contributed by atoms with Crippen molar-refractivity contribution in [3.63, 3.8) is 0 Å². The van der Waals surface area contributed by atoms with E-state index < -0.39 is 0 Å². The van der Waals surface area contributed by atoms with Gasteiger partial charge in [0, 0.05) is 25.6 Å². The molecule has 1 fully saturated rings. The molecule has 0 aromatic rings. The van der Waals surface area contributed by atoms with Crippen molar-refractivity contribution in [2.45, 2.75) is 66.3 Å². The molecule has 19 heavy (non-hydrogen) atoms. The van der Waals surface area contributed by atoms with Crippen LogP contribution in [0.2, 0.25) is 0 Å². The fourth-order valence-electron chi connectivity index (χ4n) is 3.13. The van der Waals surface area contributed by atoms with E-state index in [9.17, 15) is 4.79 Å². The Morgan fingerprint density at radius 3 is 2.58 bits per heavy atom. The van der Waals surface area contributed by atoms with Crippen LogP contribution < -0.4 is 5.32 Å². The van der Waals surface area contributed by atoms with Crippen LogP contribution in [0, 0.1) is 11.3 Å². The van der Waals surface area contributed by atoms with E-state index in [1.165, 1.54) is 12.8 Å². The highest BCUT2D eigenvalue weighted by Crippen LogP contribution is 2.26. The van der Waals surface area contributed by atoms with Crippen LogP contribution in [0.5, 0.6) is 0 Å². The van der Waals surface area contributed by atoms with E-state index in [0.717, 1.165) is 26.1 Å². The summed E-state index contributed by atoms with van der Waals surface area (Å²) in [7, 11) is 0. The Labute approximate surface area is 119 Å². The monoisotopic (exact) mass is 268 g/mol. The number of carbonyl (C=O) groups is 1. The molecule has 1 heterocycles. The molecule has 1 N–H and O–H groups in total. The van der Waals surface area contributed by atoms with Gasteiger partial charge in [0.25, 0.3) is 0 Å². The number of hydrogen-bond donors (Lipinski definition) is 1. The van der Waals surface area contributed by atoms with Crippen LogP contribution in [-0.2, 0) is 4.79 Å². The van der Waals surface area contributed by atoms with Crippen LogP contribution in [0.4, 0.5) is 0 Å². The lowest BCUT2D eigenvalue weighted by Gasteiger charge is -2.28. The Hall–Kier alpha value is -0.570. The Bertz CT molecular complexity index is 277. The van der Waals surface area contributed by atoms with Crippen molar-refractivity contribution in [3.8, 4) is 0 Å². The quantitative estimate of drug-likeness (QED) is 0.803. The smallest absolute Gasteiger partial charge is 0.222 e. The Morgan fingerprint density at radius 1 is 1.42 bits per heavy atom. The topological polar surface area (TPSA) is 32.3 Å². The standard InChI is InChI=1S/C16H32N2O/c1-6-18(12-14-8-7-9-17-14)15(19)10-13(2)11-16(3,4)5/h13-14,17H,6-12H2,1-5H3. The number of amides is 1. The molecule has 3 nitrogen and oxygen atoms in total. The summed E-state index contributed by atoms with van der Waals surface area (Å²) in [5.41, 5.74) is 0.309. The van der Waals surface area contributed by atoms with Gasteiger partial charge in [-0.25, -0.2) is 0 Å². The number of likely N-dealkylation sites (N-methyl/N-ethyl adjacent to an activating group) is 1. The Balaban J connectivity index is 2.40. The van der Waals surface area contributed by atoms with Crippen LogP contribution in [0.25, 0.3) is 0 Å². The number of nitrogens with zero attached hydrogens (tertiary/aromatic N) is 1. The first kappa shape index (κ1) is 16.5. The normalized spacial score (nSPS) is 21.4. The molecule has 1 amide bonds. The van der Waals surface area contributed by atoms with Crippen molar-refractivity contribution in [3.05, 3.63) is 0 Å². The molecule has 0 aromatic carbocycles. The zero-order valence-electron chi connectivity index (χ0n) is 13.5. The first-order valence-electron chi connectivity index (χ1n) is 7.83. The molecule has 1 rings (SSSR count). The van der Waals surface area contributed by atoms with Crippen molar-refractivity contribution in [1.82, 2.24) is 10.2 Å². The molecular weight excluding hydrogens is 236 g/mol. The molecule has 112 valence electrons. The summed E-state index contributed by atoms with van der Waals surface area (Å²) >= 11 is 0. The molecule has 0 saturated carbocycles. The molecule has 1 saturated heterocycles. The van der Waals surface area contributed by atoms with E-state index in [4.69, 9.17) is 0 Å². The van der Waals surface area contributed by atoms with Gasteiger partial charge in [0.2, 0.25) is 5.91 Å². The largest absolute Gasteiger partial charge is 0.341 e. The van der Waals surface area contributed by atoms with E-state index in [1.807, 2.05) is 4.90 Å². The predicted octanol–water partition coefficient (Wildman–Crippen LogP) is 3.05. The predicted molar refractivity (Wildman–Crippen MR) is 81.1 cm³/mol. The average Bonchev–Trinajstić information content (AvgIpc) is 2.75. The summed E-state index contributed by atoms with van der Waals surface area (Å²) in [4.78, 5) is 14.4. The molecule has 0 aromatic heterocycles. The summed E-state index contributed by atoms with van der Waals surface area (Å²) in [6, 6.07) is 0.516. The second kappa shape index (κ2) is 7.28. The first-order valence-corrected chi connectivity index (χ1v) is 7.83. The van der Waals surface area contributed by atoms with Crippen molar-refractivity contribution in [2.24, 2.45) is 11.3 Å². The SMILES string of the molecule is CCN(CC1CCCN1)C(=O)CC(C)CC(C)(C)C. The van der Waals surface area contributed by atoms with Gasteiger partial charge in [-0.05, 0) is 44.1 Å². The summed E-state index contributed by atoms with van der Waals surface area (Å²) < 4.78 is 0. The molecule has 0 spiro atoms. The van der Waals surface area contributed by atoms with Crippen molar-refractivity contribution >= 4 is 5.91 Å². The van der Waals surface area contributed by atoms with Gasteiger partial charge in [0.15, 0.2) is 0 Å². The third-order valence-electron chi connectivity index (χ3n) is 3.82. The molecule has 2 unspecified atom stereocenters. The van der Waals surface area contributed by atoms with Crippen LogP contribution in [0.15, 0.2) is 0 Å². The number of carbonyl (C=O) groups excluding carboxylic acids is 1. The maximum atomic E-state index is 12.4. The first-order chi connectivity index (χ1) is 8.81. The lowest BCUT2D eigenvalue weighted by Crippen LogP contribution is -2.41. The molecule has 0 radical (unpaired) electrons. The molecule has 0 aliphatic carbocycles. The molecule has 1 aliphatic rings. The van der Waals surface area contributed by atoms with E-state index >= 15 is 0 Å². The van der Waals surface area contributed by atoms with Crippen LogP contribution >= 0.6 is 0 Å². The minimum atomic E-state index is 0.309. The highest BCUT2D eigenvalue weighted by molar-refractivity contribution is 5.76. The number of rotatable bonds is 6. The van der Waals surface area contributed by atoms with E-state index in [1.54, 1.807) is 0 Å². The lowest BCUT2D eigenvalue weighted by atomic mass is 9.84. The van der Waals surface area contributed by atoms with Crippen LogP contribution in [0.1, 0.15) is 60.3 Å². The van der Waals surface area contributed by atoms with Gasteiger partial charge in [-0.1, -0.05) is 27.7 Å². The van der Waals surface area contributed by atoms with E-state index in [-0.39, 0.29) is 0 Å².